The van der Waals surface area contributed by atoms with E-state index >= 15 is 0 Å². The molecule has 0 fully saturated rings. The summed E-state index contributed by atoms with van der Waals surface area (Å²) in [6.45, 7) is 6.55. The lowest BCUT2D eigenvalue weighted by Gasteiger charge is -2.14. The van der Waals surface area contributed by atoms with Crippen LogP contribution >= 0.6 is 22.6 Å². The second-order valence-corrected chi connectivity index (χ2v) is 5.69. The maximum Gasteiger partial charge on any atom is 0.239 e. The zero-order valence-electron chi connectivity index (χ0n) is 11.2. The fraction of sp³-hybridized carbons (Fsp3) is 0.500. The zero-order chi connectivity index (χ0) is 13.5. The fourth-order valence-corrected chi connectivity index (χ4v) is 2.30. The summed E-state index contributed by atoms with van der Waals surface area (Å²) >= 11 is 2.30. The van der Waals surface area contributed by atoms with Gasteiger partial charge in [-0.15, -0.1) is 0 Å². The van der Waals surface area contributed by atoms with Crippen LogP contribution in [0.3, 0.4) is 0 Å². The van der Waals surface area contributed by atoms with E-state index < -0.39 is 0 Å². The van der Waals surface area contributed by atoms with Crippen LogP contribution in [-0.2, 0) is 4.79 Å². The van der Waals surface area contributed by atoms with Crippen molar-refractivity contribution < 1.29 is 4.79 Å². The van der Waals surface area contributed by atoms with Gasteiger partial charge >= 0.3 is 0 Å². The Balaban J connectivity index is 2.45. The Morgan fingerprint density at radius 2 is 2.17 bits per heavy atom. The van der Waals surface area contributed by atoms with Crippen molar-refractivity contribution in [2.75, 3.05) is 11.9 Å². The molecule has 1 rings (SSSR count). The van der Waals surface area contributed by atoms with Crippen molar-refractivity contribution in [2.45, 2.75) is 39.7 Å². The maximum atomic E-state index is 11.7. The van der Waals surface area contributed by atoms with Crippen LogP contribution in [0.15, 0.2) is 18.2 Å². The summed E-state index contributed by atoms with van der Waals surface area (Å²) in [6, 6.07) is 6.31. The third-order valence-electron chi connectivity index (χ3n) is 2.84. The average molecular weight is 360 g/mol. The molecular weight excluding hydrogens is 339 g/mol. The van der Waals surface area contributed by atoms with E-state index in [9.17, 15) is 4.79 Å². The molecule has 0 aliphatic carbocycles. The van der Waals surface area contributed by atoms with Gasteiger partial charge in [0, 0.05) is 15.3 Å². The van der Waals surface area contributed by atoms with Crippen molar-refractivity contribution >= 4 is 34.2 Å². The first kappa shape index (κ1) is 15.3. The molecule has 18 heavy (non-hydrogen) atoms. The van der Waals surface area contributed by atoms with Crippen LogP contribution in [0.2, 0.25) is 0 Å². The average Bonchev–Trinajstić information content (AvgIpc) is 2.31. The minimum atomic E-state index is 0.0502. The third-order valence-corrected chi connectivity index (χ3v) is 4.00. The molecule has 2 N–H and O–H groups in total. The molecule has 0 saturated carbocycles. The number of carbonyl (C=O) groups excluding carboxylic acids is 1. The molecule has 4 heteroatoms. The summed E-state index contributed by atoms with van der Waals surface area (Å²) in [5.41, 5.74) is 2.22. The summed E-state index contributed by atoms with van der Waals surface area (Å²) < 4.78 is 1.21. The zero-order valence-corrected chi connectivity index (χ0v) is 13.4. The van der Waals surface area contributed by atoms with E-state index in [1.54, 1.807) is 0 Å². The van der Waals surface area contributed by atoms with Gasteiger partial charge in [-0.1, -0.05) is 19.4 Å². The molecule has 1 aromatic rings. The van der Waals surface area contributed by atoms with Gasteiger partial charge in [0.2, 0.25) is 5.91 Å². The van der Waals surface area contributed by atoms with Gasteiger partial charge in [-0.2, -0.15) is 0 Å². The molecule has 0 aromatic heterocycles. The summed E-state index contributed by atoms with van der Waals surface area (Å²) in [6.07, 6.45) is 2.11. The van der Waals surface area contributed by atoms with E-state index in [2.05, 4.69) is 53.1 Å². The molecule has 1 unspecified atom stereocenters. The van der Waals surface area contributed by atoms with Crippen molar-refractivity contribution in [1.82, 2.24) is 5.32 Å². The van der Waals surface area contributed by atoms with Crippen LogP contribution < -0.4 is 10.6 Å². The van der Waals surface area contributed by atoms with Gasteiger partial charge in [0.25, 0.3) is 0 Å². The van der Waals surface area contributed by atoms with Gasteiger partial charge in [-0.3, -0.25) is 4.79 Å². The van der Waals surface area contributed by atoms with E-state index in [-0.39, 0.29) is 11.9 Å². The number of nitrogens with one attached hydrogen (secondary N) is 2. The molecule has 0 saturated heterocycles. The quantitative estimate of drug-likeness (QED) is 0.765. The van der Waals surface area contributed by atoms with Crippen LogP contribution in [0.1, 0.15) is 32.3 Å². The molecule has 0 bridgehead atoms. The monoisotopic (exact) mass is 360 g/mol. The largest absolute Gasteiger partial charge is 0.376 e. The summed E-state index contributed by atoms with van der Waals surface area (Å²) in [5, 5.41) is 6.17. The number of hydrogen-bond acceptors (Lipinski definition) is 2. The molecule has 0 heterocycles. The number of amides is 1. The summed E-state index contributed by atoms with van der Waals surface area (Å²) in [4.78, 5) is 11.7. The molecule has 0 aliphatic heterocycles. The molecule has 0 aliphatic rings. The first-order valence-corrected chi connectivity index (χ1v) is 7.40. The Morgan fingerprint density at radius 1 is 1.44 bits per heavy atom. The van der Waals surface area contributed by atoms with Gasteiger partial charge in [-0.25, -0.2) is 0 Å². The number of benzene rings is 1. The van der Waals surface area contributed by atoms with Crippen molar-refractivity contribution in [1.29, 1.82) is 0 Å². The first-order chi connectivity index (χ1) is 8.54. The molecule has 1 amide bonds. The van der Waals surface area contributed by atoms with Gasteiger partial charge in [0.1, 0.15) is 0 Å². The molecular formula is C14H21IN2O. The molecule has 0 radical (unpaired) electrons. The van der Waals surface area contributed by atoms with Gasteiger partial charge in [0.05, 0.1) is 6.54 Å². The number of anilines is 1. The van der Waals surface area contributed by atoms with E-state index in [0.717, 1.165) is 18.5 Å². The number of rotatable bonds is 6. The van der Waals surface area contributed by atoms with Crippen LogP contribution in [0.25, 0.3) is 0 Å². The predicted molar refractivity (Wildman–Crippen MR) is 84.9 cm³/mol. The second kappa shape index (κ2) is 7.61. The minimum Gasteiger partial charge on any atom is -0.376 e. The van der Waals surface area contributed by atoms with Gasteiger partial charge in [0.15, 0.2) is 0 Å². The van der Waals surface area contributed by atoms with Crippen molar-refractivity contribution in [2.24, 2.45) is 0 Å². The molecule has 1 aromatic carbocycles. The highest BCUT2D eigenvalue weighted by Gasteiger charge is 2.07. The maximum absolute atomic E-state index is 11.7. The Morgan fingerprint density at radius 3 is 2.83 bits per heavy atom. The highest BCUT2D eigenvalue weighted by Crippen LogP contribution is 2.19. The normalized spacial score (nSPS) is 12.0. The van der Waals surface area contributed by atoms with Gasteiger partial charge in [-0.05, 0) is 60.6 Å². The highest BCUT2D eigenvalue weighted by molar-refractivity contribution is 14.1. The lowest BCUT2D eigenvalue weighted by molar-refractivity contribution is -0.120. The number of carbonyl (C=O) groups is 1. The topological polar surface area (TPSA) is 41.1 Å². The Kier molecular flexibility index (Phi) is 6.46. The lowest BCUT2D eigenvalue weighted by Crippen LogP contribution is -2.36. The Hall–Kier alpha value is -0.780. The van der Waals surface area contributed by atoms with Crippen molar-refractivity contribution in [3.05, 3.63) is 27.3 Å². The minimum absolute atomic E-state index is 0.0502. The second-order valence-electron chi connectivity index (χ2n) is 4.52. The van der Waals surface area contributed by atoms with Crippen LogP contribution in [0.5, 0.6) is 0 Å². The number of halogens is 1. The standard InChI is InChI=1S/C14H21IN2O/c1-4-6-10(2)17-14(18)9-16-13-8-5-7-12(15)11(13)3/h5,7-8,10,16H,4,6,9H2,1-3H3,(H,17,18). The molecule has 0 spiro atoms. The Bertz CT molecular complexity index is 407. The number of hydrogen-bond donors (Lipinski definition) is 2. The molecule has 3 nitrogen and oxygen atoms in total. The Labute approximate surface area is 123 Å². The summed E-state index contributed by atoms with van der Waals surface area (Å²) in [5.74, 6) is 0.0502. The lowest BCUT2D eigenvalue weighted by atomic mass is 10.2. The van der Waals surface area contributed by atoms with Crippen LogP contribution in [0, 0.1) is 10.5 Å². The first-order valence-electron chi connectivity index (χ1n) is 6.33. The smallest absolute Gasteiger partial charge is 0.239 e. The fourth-order valence-electron chi connectivity index (χ4n) is 1.81. The van der Waals surface area contributed by atoms with Crippen LogP contribution in [-0.4, -0.2) is 18.5 Å². The molecule has 1 atom stereocenters. The summed E-state index contributed by atoms with van der Waals surface area (Å²) in [7, 11) is 0. The van der Waals surface area contributed by atoms with E-state index in [1.165, 1.54) is 9.13 Å². The highest BCUT2D eigenvalue weighted by atomic mass is 127. The predicted octanol–water partition coefficient (Wildman–Crippen LogP) is 3.32. The van der Waals surface area contributed by atoms with E-state index in [1.807, 2.05) is 19.1 Å². The molecule has 100 valence electrons. The van der Waals surface area contributed by atoms with E-state index in [0.29, 0.717) is 6.54 Å². The van der Waals surface area contributed by atoms with E-state index in [4.69, 9.17) is 0 Å². The SMILES string of the molecule is CCCC(C)NC(=O)CNc1cccc(I)c1C. The van der Waals surface area contributed by atoms with Crippen LogP contribution in [0.4, 0.5) is 5.69 Å². The van der Waals surface area contributed by atoms with Gasteiger partial charge < -0.3 is 10.6 Å². The van der Waals surface area contributed by atoms with Crippen molar-refractivity contribution in [3.8, 4) is 0 Å². The third kappa shape index (κ3) is 4.84. The van der Waals surface area contributed by atoms with Crippen molar-refractivity contribution in [3.63, 3.8) is 0 Å².